The Morgan fingerprint density at radius 3 is 2.57 bits per heavy atom. The van der Waals surface area contributed by atoms with Gasteiger partial charge in [-0.25, -0.2) is 4.39 Å². The van der Waals surface area contributed by atoms with Crippen LogP contribution < -0.4 is 15.8 Å². The van der Waals surface area contributed by atoms with E-state index in [4.69, 9.17) is 11.6 Å². The third kappa shape index (κ3) is 4.52. The molecule has 1 N–H and O–H groups in total. The van der Waals surface area contributed by atoms with Crippen molar-refractivity contribution in [2.45, 2.75) is 12.8 Å². The van der Waals surface area contributed by atoms with Gasteiger partial charge in [0, 0.05) is 35.8 Å². The molecule has 1 saturated heterocycles. The molecule has 2 heterocycles. The first kappa shape index (κ1) is 20.1. The number of nitrogens with one attached hydrogen (secondary N) is 1. The molecular formula is C22H20ClFN4O2. The third-order valence-corrected chi connectivity index (χ3v) is 5.36. The van der Waals surface area contributed by atoms with Crippen LogP contribution in [-0.4, -0.2) is 28.8 Å². The number of halogens is 2. The maximum atomic E-state index is 13.3. The fraction of sp³-hybridized carbons (Fsp3) is 0.227. The van der Waals surface area contributed by atoms with Crippen LogP contribution in [0, 0.1) is 11.7 Å². The summed E-state index contributed by atoms with van der Waals surface area (Å²) in [7, 11) is 0. The summed E-state index contributed by atoms with van der Waals surface area (Å²) in [6.07, 6.45) is 1.28. The van der Waals surface area contributed by atoms with Gasteiger partial charge in [0.15, 0.2) is 0 Å². The van der Waals surface area contributed by atoms with E-state index >= 15 is 0 Å². The average Bonchev–Trinajstić information content (AvgIpc) is 2.74. The van der Waals surface area contributed by atoms with Gasteiger partial charge in [-0.3, -0.25) is 9.59 Å². The van der Waals surface area contributed by atoms with E-state index in [1.165, 1.54) is 22.9 Å². The van der Waals surface area contributed by atoms with Crippen LogP contribution in [0.5, 0.6) is 0 Å². The van der Waals surface area contributed by atoms with E-state index in [2.05, 4.69) is 10.4 Å². The van der Waals surface area contributed by atoms with E-state index in [-0.39, 0.29) is 23.2 Å². The molecule has 30 heavy (non-hydrogen) atoms. The number of anilines is 2. The molecule has 154 valence electrons. The van der Waals surface area contributed by atoms with Gasteiger partial charge in [-0.05, 0) is 55.3 Å². The zero-order valence-corrected chi connectivity index (χ0v) is 16.8. The van der Waals surface area contributed by atoms with Crippen molar-refractivity contribution in [2.75, 3.05) is 23.3 Å². The Bertz CT molecular complexity index is 1130. The molecule has 1 aliphatic rings. The molecule has 0 unspecified atom stereocenters. The van der Waals surface area contributed by atoms with Crippen LogP contribution >= 0.6 is 11.6 Å². The van der Waals surface area contributed by atoms with E-state index < -0.39 is 0 Å². The molecule has 0 aliphatic carbocycles. The minimum atomic E-state index is -0.386. The van der Waals surface area contributed by atoms with Gasteiger partial charge in [-0.1, -0.05) is 23.7 Å². The van der Waals surface area contributed by atoms with Gasteiger partial charge < -0.3 is 10.2 Å². The molecule has 0 radical (unpaired) electrons. The molecule has 0 atom stereocenters. The molecular weight excluding hydrogens is 407 g/mol. The highest BCUT2D eigenvalue weighted by molar-refractivity contribution is 6.30. The quantitative estimate of drug-likeness (QED) is 0.687. The number of hydrogen-bond donors (Lipinski definition) is 1. The number of carbonyl (C=O) groups excluding carboxylic acids is 1. The summed E-state index contributed by atoms with van der Waals surface area (Å²) in [6.45, 7) is 1.25. The SMILES string of the molecule is O=C(Nc1cccc(F)c1)C1CCN(c2ccc(=O)n(-c3cccc(Cl)c3)n2)CC1. The van der Waals surface area contributed by atoms with E-state index in [9.17, 15) is 14.0 Å². The van der Waals surface area contributed by atoms with Crippen molar-refractivity contribution in [1.82, 2.24) is 9.78 Å². The molecule has 8 heteroatoms. The van der Waals surface area contributed by atoms with Crippen LogP contribution in [0.15, 0.2) is 65.5 Å². The van der Waals surface area contributed by atoms with Crippen LogP contribution in [0.4, 0.5) is 15.9 Å². The Labute approximate surface area is 177 Å². The summed E-state index contributed by atoms with van der Waals surface area (Å²) in [5, 5.41) is 7.79. The zero-order chi connectivity index (χ0) is 21.1. The number of piperidine rings is 1. The number of hydrogen-bond acceptors (Lipinski definition) is 4. The first-order valence-electron chi connectivity index (χ1n) is 9.67. The average molecular weight is 427 g/mol. The standard InChI is InChI=1S/C22H20ClFN4O2/c23-16-3-1-6-19(13-16)28-21(29)8-7-20(26-28)27-11-9-15(10-12-27)22(30)25-18-5-2-4-17(24)14-18/h1-8,13-15H,9-12H2,(H,25,30). The van der Waals surface area contributed by atoms with Crippen LogP contribution in [0.3, 0.4) is 0 Å². The summed E-state index contributed by atoms with van der Waals surface area (Å²) >= 11 is 6.04. The normalized spacial score (nSPS) is 14.5. The van der Waals surface area contributed by atoms with Crippen molar-refractivity contribution >= 4 is 29.0 Å². The van der Waals surface area contributed by atoms with Gasteiger partial charge >= 0.3 is 0 Å². The highest BCUT2D eigenvalue weighted by Gasteiger charge is 2.26. The van der Waals surface area contributed by atoms with Crippen molar-refractivity contribution in [1.29, 1.82) is 0 Å². The van der Waals surface area contributed by atoms with Crippen molar-refractivity contribution in [3.05, 3.63) is 81.9 Å². The second-order valence-electron chi connectivity index (χ2n) is 7.18. The fourth-order valence-corrected chi connectivity index (χ4v) is 3.73. The molecule has 1 aliphatic heterocycles. The van der Waals surface area contributed by atoms with Gasteiger partial charge in [0.1, 0.15) is 11.6 Å². The maximum Gasteiger partial charge on any atom is 0.271 e. The topological polar surface area (TPSA) is 67.2 Å². The lowest BCUT2D eigenvalue weighted by Crippen LogP contribution is -2.39. The smallest absolute Gasteiger partial charge is 0.271 e. The van der Waals surface area contributed by atoms with E-state index in [0.29, 0.717) is 48.1 Å². The Morgan fingerprint density at radius 1 is 1.07 bits per heavy atom. The monoisotopic (exact) mass is 426 g/mol. The molecule has 2 aromatic carbocycles. The van der Waals surface area contributed by atoms with E-state index in [0.717, 1.165) is 0 Å². The van der Waals surface area contributed by atoms with Crippen molar-refractivity contribution in [3.8, 4) is 5.69 Å². The molecule has 0 saturated carbocycles. The number of nitrogens with zero attached hydrogens (tertiary/aromatic N) is 3. The highest BCUT2D eigenvalue weighted by Crippen LogP contribution is 2.23. The van der Waals surface area contributed by atoms with Crippen LogP contribution in [-0.2, 0) is 4.79 Å². The van der Waals surface area contributed by atoms with Crippen LogP contribution in [0.2, 0.25) is 5.02 Å². The molecule has 4 rings (SSSR count). The molecule has 6 nitrogen and oxygen atoms in total. The summed E-state index contributed by atoms with van der Waals surface area (Å²) in [5.41, 5.74) is 0.807. The Hall–Kier alpha value is -3.19. The minimum absolute atomic E-state index is 0.114. The fourth-order valence-electron chi connectivity index (χ4n) is 3.54. The largest absolute Gasteiger partial charge is 0.355 e. The summed E-state index contributed by atoms with van der Waals surface area (Å²) in [6, 6.07) is 16.0. The lowest BCUT2D eigenvalue weighted by Gasteiger charge is -2.32. The molecule has 0 spiro atoms. The number of benzene rings is 2. The van der Waals surface area contributed by atoms with Gasteiger partial charge in [-0.2, -0.15) is 4.68 Å². The third-order valence-electron chi connectivity index (χ3n) is 5.12. The number of rotatable bonds is 4. The molecule has 1 amide bonds. The van der Waals surface area contributed by atoms with Crippen LogP contribution in [0.25, 0.3) is 5.69 Å². The predicted octanol–water partition coefficient (Wildman–Crippen LogP) is 3.88. The van der Waals surface area contributed by atoms with E-state index in [1.807, 2.05) is 4.90 Å². The maximum absolute atomic E-state index is 13.3. The number of amides is 1. The van der Waals surface area contributed by atoms with Crippen molar-refractivity contribution < 1.29 is 9.18 Å². The van der Waals surface area contributed by atoms with Gasteiger partial charge in [0.05, 0.1) is 5.69 Å². The second kappa shape index (κ2) is 8.67. The van der Waals surface area contributed by atoms with E-state index in [1.54, 1.807) is 42.5 Å². The first-order valence-corrected chi connectivity index (χ1v) is 10.0. The van der Waals surface area contributed by atoms with Crippen LogP contribution in [0.1, 0.15) is 12.8 Å². The molecule has 1 fully saturated rings. The van der Waals surface area contributed by atoms with Crippen molar-refractivity contribution in [2.24, 2.45) is 5.92 Å². The van der Waals surface area contributed by atoms with Gasteiger partial charge in [-0.15, -0.1) is 5.10 Å². The minimum Gasteiger partial charge on any atom is -0.355 e. The molecule has 3 aromatic rings. The first-order chi connectivity index (χ1) is 14.5. The predicted molar refractivity (Wildman–Crippen MR) is 115 cm³/mol. The lowest BCUT2D eigenvalue weighted by molar-refractivity contribution is -0.120. The highest BCUT2D eigenvalue weighted by atomic mass is 35.5. The number of carbonyl (C=O) groups is 1. The lowest BCUT2D eigenvalue weighted by atomic mass is 9.96. The molecule has 1 aromatic heterocycles. The summed E-state index contributed by atoms with van der Waals surface area (Å²) in [5.74, 6) is 0.00236. The second-order valence-corrected chi connectivity index (χ2v) is 7.62. The Morgan fingerprint density at radius 2 is 1.83 bits per heavy atom. The Balaban J connectivity index is 1.43. The van der Waals surface area contributed by atoms with Gasteiger partial charge in [0.25, 0.3) is 5.56 Å². The summed E-state index contributed by atoms with van der Waals surface area (Å²) in [4.78, 5) is 26.8. The summed E-state index contributed by atoms with van der Waals surface area (Å²) < 4.78 is 14.6. The van der Waals surface area contributed by atoms with Gasteiger partial charge in [0.2, 0.25) is 5.91 Å². The Kier molecular flexibility index (Phi) is 5.81. The molecule has 0 bridgehead atoms. The zero-order valence-electron chi connectivity index (χ0n) is 16.1. The van der Waals surface area contributed by atoms with Crippen molar-refractivity contribution in [3.63, 3.8) is 0 Å². The number of aromatic nitrogens is 2.